The molecule has 1 aliphatic rings. The van der Waals surface area contributed by atoms with E-state index in [1.54, 1.807) is 14.0 Å². The first-order valence-corrected chi connectivity index (χ1v) is 9.49. The number of aryl methyl sites for hydroxylation is 1. The second-order valence-electron chi connectivity index (χ2n) is 6.68. The van der Waals surface area contributed by atoms with Crippen LogP contribution >= 0.6 is 0 Å². The normalized spacial score (nSPS) is 14.0. The summed E-state index contributed by atoms with van der Waals surface area (Å²) in [5.41, 5.74) is 2.60. The molecule has 0 bridgehead atoms. The minimum atomic E-state index is -0.546. The fraction of sp³-hybridized carbons (Fsp3) is 0.409. The summed E-state index contributed by atoms with van der Waals surface area (Å²) in [5.74, 6) is 2.15. The fourth-order valence-corrected chi connectivity index (χ4v) is 3.28. The molecule has 144 valence electrons. The van der Waals surface area contributed by atoms with Crippen molar-refractivity contribution >= 4 is 5.91 Å². The maximum absolute atomic E-state index is 12.3. The van der Waals surface area contributed by atoms with Crippen molar-refractivity contribution < 1.29 is 19.0 Å². The molecule has 0 spiro atoms. The zero-order chi connectivity index (χ0) is 19.1. The van der Waals surface area contributed by atoms with Gasteiger partial charge in [-0.05, 0) is 61.9 Å². The molecule has 3 rings (SSSR count). The van der Waals surface area contributed by atoms with Gasteiger partial charge in [0.25, 0.3) is 5.91 Å². The van der Waals surface area contributed by atoms with E-state index in [2.05, 4.69) is 11.4 Å². The topological polar surface area (TPSA) is 56.8 Å². The van der Waals surface area contributed by atoms with Gasteiger partial charge in [0.2, 0.25) is 0 Å². The number of hydrogen-bond acceptors (Lipinski definition) is 4. The monoisotopic (exact) mass is 369 g/mol. The van der Waals surface area contributed by atoms with Gasteiger partial charge in [-0.3, -0.25) is 4.79 Å². The lowest BCUT2D eigenvalue weighted by Crippen LogP contribution is -2.38. The van der Waals surface area contributed by atoms with Gasteiger partial charge < -0.3 is 19.5 Å². The number of rotatable bonds is 8. The largest absolute Gasteiger partial charge is 0.497 e. The lowest BCUT2D eigenvalue weighted by atomic mass is 9.91. The van der Waals surface area contributed by atoms with Crippen LogP contribution in [0.5, 0.6) is 17.2 Å². The third-order valence-electron chi connectivity index (χ3n) is 4.74. The van der Waals surface area contributed by atoms with E-state index >= 15 is 0 Å². The van der Waals surface area contributed by atoms with Gasteiger partial charge in [-0.2, -0.15) is 0 Å². The van der Waals surface area contributed by atoms with Gasteiger partial charge in [0.05, 0.1) is 13.7 Å². The smallest absolute Gasteiger partial charge is 0.260 e. The number of fused-ring (bicyclic) bond motifs is 1. The zero-order valence-corrected chi connectivity index (χ0v) is 16.0. The maximum atomic E-state index is 12.3. The summed E-state index contributed by atoms with van der Waals surface area (Å²) in [6.07, 6.45) is 3.97. The lowest BCUT2D eigenvalue weighted by Gasteiger charge is -2.22. The first-order chi connectivity index (χ1) is 13.2. The SMILES string of the molecule is COc1cccc(OCCNC(=O)[C@@H](C)Oc2cccc3c2CCCC3)c1. The number of carbonyl (C=O) groups is 1. The number of benzene rings is 2. The van der Waals surface area contributed by atoms with Crippen LogP contribution in [0.25, 0.3) is 0 Å². The second-order valence-corrected chi connectivity index (χ2v) is 6.68. The molecule has 2 aromatic rings. The van der Waals surface area contributed by atoms with Crippen molar-refractivity contribution in [1.82, 2.24) is 5.32 Å². The molecule has 1 aliphatic carbocycles. The van der Waals surface area contributed by atoms with Crippen LogP contribution in [-0.2, 0) is 17.6 Å². The van der Waals surface area contributed by atoms with Gasteiger partial charge in [-0.25, -0.2) is 0 Å². The number of carbonyl (C=O) groups excluding carboxylic acids is 1. The Morgan fingerprint density at radius 3 is 2.74 bits per heavy atom. The Morgan fingerprint density at radius 2 is 1.89 bits per heavy atom. The number of methoxy groups -OCH3 is 1. The Kier molecular flexibility index (Phi) is 6.58. The van der Waals surface area contributed by atoms with Crippen molar-refractivity contribution in [3.63, 3.8) is 0 Å². The van der Waals surface area contributed by atoms with E-state index in [0.29, 0.717) is 18.9 Å². The number of hydrogen-bond donors (Lipinski definition) is 1. The van der Waals surface area contributed by atoms with Crippen molar-refractivity contribution in [2.24, 2.45) is 0 Å². The average Bonchev–Trinajstić information content (AvgIpc) is 2.71. The molecule has 0 heterocycles. The van der Waals surface area contributed by atoms with E-state index in [1.807, 2.05) is 36.4 Å². The van der Waals surface area contributed by atoms with Crippen LogP contribution in [0, 0.1) is 0 Å². The first kappa shape index (κ1) is 19.1. The van der Waals surface area contributed by atoms with E-state index in [1.165, 1.54) is 24.0 Å². The van der Waals surface area contributed by atoms with Gasteiger partial charge in [0.1, 0.15) is 23.9 Å². The molecule has 0 aromatic heterocycles. The Balaban J connectivity index is 1.45. The van der Waals surface area contributed by atoms with Crippen LogP contribution in [0.3, 0.4) is 0 Å². The van der Waals surface area contributed by atoms with Crippen molar-refractivity contribution in [1.29, 1.82) is 0 Å². The quantitative estimate of drug-likeness (QED) is 0.723. The maximum Gasteiger partial charge on any atom is 0.260 e. The Bertz CT molecular complexity index is 775. The fourth-order valence-electron chi connectivity index (χ4n) is 3.28. The molecule has 1 amide bonds. The molecule has 5 heteroatoms. The number of amides is 1. The third-order valence-corrected chi connectivity index (χ3v) is 4.74. The van der Waals surface area contributed by atoms with Crippen LogP contribution in [0.1, 0.15) is 30.9 Å². The van der Waals surface area contributed by atoms with Gasteiger partial charge in [-0.15, -0.1) is 0 Å². The first-order valence-electron chi connectivity index (χ1n) is 9.49. The van der Waals surface area contributed by atoms with E-state index in [0.717, 1.165) is 24.3 Å². The highest BCUT2D eigenvalue weighted by molar-refractivity contribution is 5.80. The molecule has 0 fully saturated rings. The van der Waals surface area contributed by atoms with Crippen molar-refractivity contribution in [3.05, 3.63) is 53.6 Å². The van der Waals surface area contributed by atoms with E-state index in [-0.39, 0.29) is 5.91 Å². The molecule has 1 atom stereocenters. The minimum Gasteiger partial charge on any atom is -0.497 e. The van der Waals surface area contributed by atoms with E-state index < -0.39 is 6.10 Å². The van der Waals surface area contributed by atoms with Crippen molar-refractivity contribution in [2.75, 3.05) is 20.3 Å². The van der Waals surface area contributed by atoms with E-state index in [4.69, 9.17) is 14.2 Å². The highest BCUT2D eigenvalue weighted by Crippen LogP contribution is 2.30. The molecular weight excluding hydrogens is 342 g/mol. The highest BCUT2D eigenvalue weighted by Gasteiger charge is 2.19. The predicted octanol–water partition coefficient (Wildman–Crippen LogP) is 3.54. The molecule has 0 unspecified atom stereocenters. The van der Waals surface area contributed by atoms with Crippen LogP contribution in [0.2, 0.25) is 0 Å². The summed E-state index contributed by atoms with van der Waals surface area (Å²) < 4.78 is 16.7. The van der Waals surface area contributed by atoms with E-state index in [9.17, 15) is 4.79 Å². The van der Waals surface area contributed by atoms with Crippen molar-refractivity contribution in [3.8, 4) is 17.2 Å². The molecule has 5 nitrogen and oxygen atoms in total. The summed E-state index contributed by atoms with van der Waals surface area (Å²) in [6, 6.07) is 13.5. The Labute approximate surface area is 160 Å². The van der Waals surface area contributed by atoms with Crippen LogP contribution in [0.4, 0.5) is 0 Å². The Morgan fingerprint density at radius 1 is 1.11 bits per heavy atom. The summed E-state index contributed by atoms with van der Waals surface area (Å²) in [6.45, 7) is 2.57. The summed E-state index contributed by atoms with van der Waals surface area (Å²) in [5, 5.41) is 2.86. The standard InChI is InChI=1S/C22H27NO4/c1-16(27-21-12-5-8-17-7-3-4-11-20(17)21)22(24)23-13-14-26-19-10-6-9-18(15-19)25-2/h5-6,8-10,12,15-16H,3-4,7,11,13-14H2,1-2H3,(H,23,24)/t16-/m1/s1. The van der Waals surface area contributed by atoms with Gasteiger partial charge in [-0.1, -0.05) is 18.2 Å². The average molecular weight is 369 g/mol. The zero-order valence-electron chi connectivity index (χ0n) is 16.0. The summed E-state index contributed by atoms with van der Waals surface area (Å²) in [7, 11) is 1.62. The third kappa shape index (κ3) is 5.16. The van der Waals surface area contributed by atoms with Crippen LogP contribution in [0.15, 0.2) is 42.5 Å². The predicted molar refractivity (Wildman–Crippen MR) is 105 cm³/mol. The molecule has 2 aromatic carbocycles. The molecule has 0 radical (unpaired) electrons. The number of nitrogens with one attached hydrogen (secondary N) is 1. The molecular formula is C22H27NO4. The summed E-state index contributed by atoms with van der Waals surface area (Å²) in [4.78, 5) is 12.3. The molecule has 0 saturated carbocycles. The van der Waals surface area contributed by atoms with Gasteiger partial charge >= 0.3 is 0 Å². The summed E-state index contributed by atoms with van der Waals surface area (Å²) >= 11 is 0. The van der Waals surface area contributed by atoms with Crippen LogP contribution in [-0.4, -0.2) is 32.3 Å². The second kappa shape index (κ2) is 9.31. The minimum absolute atomic E-state index is 0.141. The van der Waals surface area contributed by atoms with Crippen LogP contribution < -0.4 is 19.5 Å². The number of ether oxygens (including phenoxy) is 3. The molecule has 0 saturated heterocycles. The van der Waals surface area contributed by atoms with Gasteiger partial charge in [0.15, 0.2) is 6.10 Å². The molecule has 0 aliphatic heterocycles. The molecule has 1 N–H and O–H groups in total. The Hall–Kier alpha value is -2.69. The molecule has 27 heavy (non-hydrogen) atoms. The lowest BCUT2D eigenvalue weighted by molar-refractivity contribution is -0.127. The van der Waals surface area contributed by atoms with Crippen molar-refractivity contribution in [2.45, 2.75) is 38.7 Å². The highest BCUT2D eigenvalue weighted by atomic mass is 16.5. The van der Waals surface area contributed by atoms with Gasteiger partial charge in [0, 0.05) is 6.07 Å².